The molecule has 0 radical (unpaired) electrons. The van der Waals surface area contributed by atoms with Crippen LogP contribution >= 0.6 is 11.3 Å². The third-order valence-electron chi connectivity index (χ3n) is 8.04. The number of likely N-dealkylation sites (tertiary alicyclic amines) is 1. The first-order chi connectivity index (χ1) is 21.7. The van der Waals surface area contributed by atoms with Crippen molar-refractivity contribution in [3.05, 3.63) is 100 Å². The van der Waals surface area contributed by atoms with E-state index in [0.717, 1.165) is 44.1 Å². The van der Waals surface area contributed by atoms with E-state index in [4.69, 9.17) is 4.42 Å². The van der Waals surface area contributed by atoms with Crippen molar-refractivity contribution in [3.8, 4) is 27.6 Å². The van der Waals surface area contributed by atoms with Crippen LogP contribution in [-0.4, -0.2) is 49.5 Å². The summed E-state index contributed by atoms with van der Waals surface area (Å²) in [5.41, 5.74) is 0.327. The van der Waals surface area contributed by atoms with Gasteiger partial charge in [-0.2, -0.15) is 18.2 Å². The third-order valence-corrected chi connectivity index (χ3v) is 8.80. The fourth-order valence-electron chi connectivity index (χ4n) is 5.69. The van der Waals surface area contributed by atoms with Crippen LogP contribution in [0.5, 0.6) is 0 Å². The molecule has 228 valence electrons. The van der Waals surface area contributed by atoms with Crippen LogP contribution in [-0.2, 0) is 6.18 Å². The molecular formula is C32H26F3N7O2S. The highest BCUT2D eigenvalue weighted by Gasteiger charge is 2.35. The molecule has 4 aromatic heterocycles. The Morgan fingerprint density at radius 3 is 2.49 bits per heavy atom. The highest BCUT2D eigenvalue weighted by molar-refractivity contribution is 7.12. The monoisotopic (exact) mass is 629 g/mol. The molecule has 1 aliphatic rings. The van der Waals surface area contributed by atoms with Gasteiger partial charge in [-0.3, -0.25) is 4.79 Å². The molecule has 9 nitrogen and oxygen atoms in total. The summed E-state index contributed by atoms with van der Waals surface area (Å²) in [5.74, 6) is 0.931. The number of oxazole rings is 1. The number of halogens is 3. The summed E-state index contributed by atoms with van der Waals surface area (Å²) in [6.07, 6.45) is 2.94. The predicted molar refractivity (Wildman–Crippen MR) is 166 cm³/mol. The minimum Gasteiger partial charge on any atom is -0.444 e. The largest absolute Gasteiger partial charge is 0.444 e. The van der Waals surface area contributed by atoms with E-state index in [2.05, 4.69) is 49.3 Å². The fourth-order valence-corrected chi connectivity index (χ4v) is 6.33. The van der Waals surface area contributed by atoms with Crippen molar-refractivity contribution in [2.24, 2.45) is 0 Å². The van der Waals surface area contributed by atoms with E-state index in [-0.39, 0.29) is 39.2 Å². The van der Waals surface area contributed by atoms with Crippen LogP contribution in [0.15, 0.2) is 88.1 Å². The van der Waals surface area contributed by atoms with Gasteiger partial charge >= 0.3 is 6.18 Å². The number of alkyl halides is 3. The minimum absolute atomic E-state index is 0.164. The number of anilines is 2. The van der Waals surface area contributed by atoms with Gasteiger partial charge in [0, 0.05) is 40.0 Å². The average Bonchev–Trinajstić information content (AvgIpc) is 3.77. The molecule has 2 aromatic carbocycles. The molecule has 6 aromatic rings. The van der Waals surface area contributed by atoms with Gasteiger partial charge in [0.2, 0.25) is 5.95 Å². The molecule has 0 spiro atoms. The molecule has 0 bridgehead atoms. The smallest absolute Gasteiger partial charge is 0.417 e. The molecule has 0 unspecified atom stereocenters. The third kappa shape index (κ3) is 5.71. The maximum atomic E-state index is 14.4. The lowest BCUT2D eigenvalue weighted by molar-refractivity contribution is -0.137. The Balaban J connectivity index is 1.29. The van der Waals surface area contributed by atoms with E-state index in [0.29, 0.717) is 11.3 Å². The number of thiazole rings is 1. The number of piperidine rings is 1. The Morgan fingerprint density at radius 1 is 1.00 bits per heavy atom. The molecule has 5 heterocycles. The molecule has 1 fully saturated rings. The van der Waals surface area contributed by atoms with Gasteiger partial charge in [-0.25, -0.2) is 19.5 Å². The Hall–Kier alpha value is -4.88. The Morgan fingerprint density at radius 2 is 1.80 bits per heavy atom. The van der Waals surface area contributed by atoms with E-state index in [1.165, 1.54) is 58.3 Å². The lowest BCUT2D eigenvalue weighted by atomic mass is 9.89. The van der Waals surface area contributed by atoms with Crippen molar-refractivity contribution in [1.29, 1.82) is 0 Å². The zero-order valence-corrected chi connectivity index (χ0v) is 24.8. The molecule has 0 amide bonds. The Kier molecular flexibility index (Phi) is 7.42. The van der Waals surface area contributed by atoms with Gasteiger partial charge < -0.3 is 14.6 Å². The highest BCUT2D eigenvalue weighted by atomic mass is 32.1. The molecule has 1 aliphatic heterocycles. The predicted octanol–water partition coefficient (Wildman–Crippen LogP) is 7.13. The van der Waals surface area contributed by atoms with Gasteiger partial charge in [0.25, 0.3) is 5.56 Å². The molecule has 0 saturated carbocycles. The number of fused-ring (bicyclic) bond motifs is 1. The maximum absolute atomic E-state index is 14.4. The first kappa shape index (κ1) is 28.9. The van der Waals surface area contributed by atoms with Crippen molar-refractivity contribution < 1.29 is 17.6 Å². The van der Waals surface area contributed by atoms with E-state index < -0.39 is 17.3 Å². The van der Waals surface area contributed by atoms with Gasteiger partial charge in [-0.05, 0) is 74.3 Å². The number of rotatable bonds is 6. The second-order valence-electron chi connectivity index (χ2n) is 10.9. The number of aromatic nitrogens is 5. The van der Waals surface area contributed by atoms with E-state index >= 15 is 0 Å². The number of nitrogens with zero attached hydrogens (tertiary/aromatic N) is 6. The maximum Gasteiger partial charge on any atom is 0.417 e. The van der Waals surface area contributed by atoms with Crippen LogP contribution < -0.4 is 10.9 Å². The number of hydrogen-bond donors (Lipinski definition) is 1. The lowest BCUT2D eigenvalue weighted by Crippen LogP contribution is -2.29. The van der Waals surface area contributed by atoms with Crippen molar-refractivity contribution in [2.45, 2.75) is 24.9 Å². The quantitative estimate of drug-likeness (QED) is 0.208. The topological polar surface area (TPSA) is 102 Å². The molecule has 0 aliphatic carbocycles. The average molecular weight is 630 g/mol. The second-order valence-corrected chi connectivity index (χ2v) is 11.8. The summed E-state index contributed by atoms with van der Waals surface area (Å²) >= 11 is 1.17. The van der Waals surface area contributed by atoms with Crippen LogP contribution in [0.2, 0.25) is 0 Å². The zero-order valence-electron chi connectivity index (χ0n) is 24.0. The minimum atomic E-state index is -4.76. The first-order valence-corrected chi connectivity index (χ1v) is 15.1. The fraction of sp³-hybridized carbons (Fsp3) is 0.219. The lowest BCUT2D eigenvalue weighted by Gasteiger charge is -2.29. The summed E-state index contributed by atoms with van der Waals surface area (Å²) in [5, 5.41) is 5.51. The Labute approximate surface area is 259 Å². The summed E-state index contributed by atoms with van der Waals surface area (Å²) < 4.78 is 49.6. The summed E-state index contributed by atoms with van der Waals surface area (Å²) in [7, 11) is 2.14. The van der Waals surface area contributed by atoms with E-state index in [1.807, 2.05) is 12.1 Å². The number of benzene rings is 2. The molecule has 0 atom stereocenters. The standard InChI is InChI=1S/C32H26F3N7O2S/c1-41-11-8-20(9-12-41)19-2-5-23(6-3-19)39-30-38-16-22-14-25(29(43)42(28(22)40-30)31-37-10-13-45-31)24-7-4-21(27-17-36-18-44-27)15-26(24)32(33,34)35/h2-7,10,13-18,20H,8-9,11-12H2,1H3,(H,38,39,40). The van der Waals surface area contributed by atoms with Crippen LogP contribution in [0.25, 0.3) is 38.6 Å². The van der Waals surface area contributed by atoms with E-state index in [1.54, 1.807) is 5.38 Å². The number of hydrogen-bond acceptors (Lipinski definition) is 9. The van der Waals surface area contributed by atoms with Gasteiger partial charge in [-0.15, -0.1) is 11.3 Å². The first-order valence-electron chi connectivity index (χ1n) is 14.2. The molecular weight excluding hydrogens is 603 g/mol. The molecule has 1 saturated heterocycles. The van der Waals surface area contributed by atoms with Gasteiger partial charge in [-0.1, -0.05) is 24.3 Å². The van der Waals surface area contributed by atoms with Gasteiger partial charge in [0.15, 0.2) is 22.9 Å². The normalized spacial score (nSPS) is 14.7. The SMILES string of the molecule is CN1CCC(c2ccc(Nc3ncc4cc(-c5ccc(-c6cnco6)cc5C(F)(F)F)c(=O)n(-c5nccs5)c4n3)cc2)CC1. The molecule has 1 N–H and O–H groups in total. The van der Waals surface area contributed by atoms with Crippen LogP contribution in [0, 0.1) is 0 Å². The number of nitrogens with one attached hydrogen (secondary N) is 1. The molecule has 13 heteroatoms. The van der Waals surface area contributed by atoms with Crippen molar-refractivity contribution >= 4 is 34.0 Å². The van der Waals surface area contributed by atoms with Gasteiger partial charge in [0.1, 0.15) is 0 Å². The highest BCUT2D eigenvalue weighted by Crippen LogP contribution is 2.39. The van der Waals surface area contributed by atoms with E-state index in [9.17, 15) is 18.0 Å². The van der Waals surface area contributed by atoms with Crippen molar-refractivity contribution in [1.82, 2.24) is 29.4 Å². The summed E-state index contributed by atoms with van der Waals surface area (Å²) in [6, 6.07) is 13.2. The molecule has 45 heavy (non-hydrogen) atoms. The van der Waals surface area contributed by atoms with Crippen LogP contribution in [0.1, 0.15) is 29.9 Å². The number of pyridine rings is 1. The van der Waals surface area contributed by atoms with Crippen molar-refractivity contribution in [2.75, 3.05) is 25.5 Å². The zero-order chi connectivity index (χ0) is 31.1. The summed E-state index contributed by atoms with van der Waals surface area (Å²) in [6.45, 7) is 2.15. The Bertz CT molecular complexity index is 2020. The van der Waals surface area contributed by atoms with Crippen molar-refractivity contribution in [3.63, 3.8) is 0 Å². The molecule has 7 rings (SSSR count). The summed E-state index contributed by atoms with van der Waals surface area (Å²) in [4.78, 5) is 33.5. The second kappa shape index (κ2) is 11.6. The van der Waals surface area contributed by atoms with Gasteiger partial charge in [0.05, 0.1) is 11.8 Å². The van der Waals surface area contributed by atoms with Crippen LogP contribution in [0.3, 0.4) is 0 Å². The van der Waals surface area contributed by atoms with Crippen LogP contribution in [0.4, 0.5) is 24.8 Å².